The third-order valence-electron chi connectivity index (χ3n) is 1.65. The fraction of sp³-hybridized carbons (Fsp3) is 0.250. The van der Waals surface area contributed by atoms with E-state index in [2.05, 4.69) is 0 Å². The number of nitrogens with zero attached hydrogens (tertiary/aromatic N) is 1. The van der Waals surface area contributed by atoms with Crippen LogP contribution in [0.2, 0.25) is 0 Å². The van der Waals surface area contributed by atoms with Gasteiger partial charge in [0.15, 0.2) is 0 Å². The number of benzene rings is 1. The normalized spacial score (nSPS) is 14.3. The van der Waals surface area contributed by atoms with Crippen LogP contribution in [0, 0.1) is 10.1 Å². The van der Waals surface area contributed by atoms with Crippen LogP contribution in [0.5, 0.6) is 5.75 Å². The standard InChI is InChI=1S/C8H10NO4PS/c1-12-14(2,15)13-8-5-3-7(4-6-8)9(10)11/h3-6H,1-2H3. The molecule has 0 aromatic heterocycles. The summed E-state index contributed by atoms with van der Waals surface area (Å²) in [5, 5.41) is 10.4. The zero-order valence-corrected chi connectivity index (χ0v) is 9.96. The van der Waals surface area contributed by atoms with E-state index in [4.69, 9.17) is 20.9 Å². The molecule has 0 amide bonds. The predicted octanol–water partition coefficient (Wildman–Crippen LogP) is 2.56. The van der Waals surface area contributed by atoms with Crippen LogP contribution in [0.4, 0.5) is 5.69 Å². The van der Waals surface area contributed by atoms with Crippen LogP contribution in [0.3, 0.4) is 0 Å². The third kappa shape index (κ3) is 3.58. The second kappa shape index (κ2) is 4.70. The van der Waals surface area contributed by atoms with E-state index in [0.29, 0.717) is 5.75 Å². The fourth-order valence-corrected chi connectivity index (χ4v) is 1.69. The number of rotatable bonds is 4. The number of non-ortho nitro benzene ring substituents is 1. The molecule has 5 nitrogen and oxygen atoms in total. The zero-order valence-electron chi connectivity index (χ0n) is 8.25. The summed E-state index contributed by atoms with van der Waals surface area (Å²) < 4.78 is 10.4. The summed E-state index contributed by atoms with van der Waals surface area (Å²) >= 11 is 5.04. The van der Waals surface area contributed by atoms with E-state index < -0.39 is 11.4 Å². The average molecular weight is 247 g/mol. The SMILES string of the molecule is COP(C)(=S)Oc1ccc([N+](=O)[O-])cc1. The van der Waals surface area contributed by atoms with Gasteiger partial charge >= 0.3 is 0 Å². The highest BCUT2D eigenvalue weighted by Crippen LogP contribution is 2.43. The Labute approximate surface area is 92.3 Å². The lowest BCUT2D eigenvalue weighted by Gasteiger charge is -2.15. The van der Waals surface area contributed by atoms with Crippen molar-refractivity contribution in [3.8, 4) is 5.75 Å². The molecule has 0 N–H and O–H groups in total. The molecule has 0 radical (unpaired) electrons. The largest absolute Gasteiger partial charge is 0.444 e. The van der Waals surface area contributed by atoms with E-state index in [-0.39, 0.29) is 5.69 Å². The molecule has 0 fully saturated rings. The Kier molecular flexibility index (Phi) is 3.79. The Morgan fingerprint density at radius 3 is 2.33 bits per heavy atom. The quantitative estimate of drug-likeness (QED) is 0.465. The Bertz CT molecular complexity index is 406. The molecule has 0 spiro atoms. The third-order valence-corrected chi connectivity index (χ3v) is 3.53. The number of nitro benzene ring substituents is 1. The molecular weight excluding hydrogens is 237 g/mol. The van der Waals surface area contributed by atoms with Crippen LogP contribution in [0.15, 0.2) is 24.3 Å². The van der Waals surface area contributed by atoms with Crippen LogP contribution in [0.1, 0.15) is 0 Å². The van der Waals surface area contributed by atoms with Crippen molar-refractivity contribution in [2.75, 3.05) is 13.8 Å². The van der Waals surface area contributed by atoms with Crippen molar-refractivity contribution in [3.63, 3.8) is 0 Å². The van der Waals surface area contributed by atoms with Crippen molar-refractivity contribution in [2.24, 2.45) is 0 Å². The number of nitro groups is 1. The first-order valence-electron chi connectivity index (χ1n) is 4.02. The summed E-state index contributed by atoms with van der Waals surface area (Å²) in [4.78, 5) is 9.91. The van der Waals surface area contributed by atoms with Gasteiger partial charge in [0.2, 0.25) is 6.49 Å². The molecule has 15 heavy (non-hydrogen) atoms. The minimum Gasteiger partial charge on any atom is -0.444 e. The lowest BCUT2D eigenvalue weighted by Crippen LogP contribution is -1.93. The zero-order chi connectivity index (χ0) is 11.5. The first kappa shape index (κ1) is 12.1. The van der Waals surface area contributed by atoms with E-state index >= 15 is 0 Å². The van der Waals surface area contributed by atoms with Crippen LogP contribution >= 0.6 is 6.49 Å². The van der Waals surface area contributed by atoms with Gasteiger partial charge < -0.3 is 9.05 Å². The molecule has 0 aliphatic carbocycles. The van der Waals surface area contributed by atoms with Crippen molar-refractivity contribution >= 4 is 24.0 Å². The summed E-state index contributed by atoms with van der Waals surface area (Å²) in [7, 11) is 1.48. The van der Waals surface area contributed by atoms with Gasteiger partial charge in [-0.3, -0.25) is 10.1 Å². The van der Waals surface area contributed by atoms with Crippen LogP contribution in [-0.2, 0) is 16.3 Å². The van der Waals surface area contributed by atoms with Crippen LogP contribution < -0.4 is 4.52 Å². The van der Waals surface area contributed by atoms with Gasteiger partial charge in [-0.2, -0.15) is 0 Å². The first-order valence-corrected chi connectivity index (χ1v) is 7.10. The monoisotopic (exact) mass is 247 g/mol. The van der Waals surface area contributed by atoms with E-state index in [0.717, 1.165) is 0 Å². The highest BCUT2D eigenvalue weighted by molar-refractivity contribution is 8.09. The Balaban J connectivity index is 2.82. The second-order valence-electron chi connectivity index (χ2n) is 2.80. The van der Waals surface area contributed by atoms with Gasteiger partial charge in [-0.15, -0.1) is 0 Å². The van der Waals surface area contributed by atoms with Gasteiger partial charge in [0.1, 0.15) is 5.75 Å². The van der Waals surface area contributed by atoms with Crippen LogP contribution in [-0.4, -0.2) is 18.7 Å². The van der Waals surface area contributed by atoms with Crippen molar-refractivity contribution in [1.29, 1.82) is 0 Å². The van der Waals surface area contributed by atoms with E-state index in [1.165, 1.54) is 31.4 Å². The summed E-state index contributed by atoms with van der Waals surface area (Å²) in [6, 6.07) is 5.73. The van der Waals surface area contributed by atoms with Crippen molar-refractivity contribution in [1.82, 2.24) is 0 Å². The molecule has 1 atom stereocenters. The maximum Gasteiger partial charge on any atom is 0.269 e. The molecule has 0 aliphatic heterocycles. The lowest BCUT2D eigenvalue weighted by molar-refractivity contribution is -0.384. The molecule has 0 heterocycles. The van der Waals surface area contributed by atoms with Gasteiger partial charge in [0, 0.05) is 25.9 Å². The van der Waals surface area contributed by atoms with Gasteiger partial charge in [0.25, 0.3) is 5.69 Å². The summed E-state index contributed by atoms with van der Waals surface area (Å²) in [6.45, 7) is -0.586. The Morgan fingerprint density at radius 2 is 1.93 bits per heavy atom. The molecule has 7 heteroatoms. The van der Waals surface area contributed by atoms with Crippen molar-refractivity contribution in [2.45, 2.75) is 0 Å². The predicted molar refractivity (Wildman–Crippen MR) is 60.9 cm³/mol. The number of hydrogen-bond donors (Lipinski definition) is 0. The van der Waals surface area contributed by atoms with Gasteiger partial charge in [0.05, 0.1) is 4.92 Å². The first-order chi connectivity index (χ1) is 6.94. The smallest absolute Gasteiger partial charge is 0.269 e. The minimum absolute atomic E-state index is 0.0178. The average Bonchev–Trinajstić information content (AvgIpc) is 2.18. The molecular formula is C8H10NO4PS. The summed E-state index contributed by atoms with van der Waals surface area (Å²) in [6.07, 6.45) is 0. The Morgan fingerprint density at radius 1 is 1.40 bits per heavy atom. The van der Waals surface area contributed by atoms with E-state index in [1.54, 1.807) is 6.66 Å². The molecule has 0 bridgehead atoms. The van der Waals surface area contributed by atoms with Gasteiger partial charge in [-0.05, 0) is 23.9 Å². The highest BCUT2D eigenvalue weighted by Gasteiger charge is 2.11. The van der Waals surface area contributed by atoms with E-state index in [1.807, 2.05) is 0 Å². The topological polar surface area (TPSA) is 61.6 Å². The maximum atomic E-state index is 10.4. The van der Waals surface area contributed by atoms with E-state index in [9.17, 15) is 10.1 Å². The van der Waals surface area contributed by atoms with Crippen LogP contribution in [0.25, 0.3) is 0 Å². The molecule has 1 aromatic carbocycles. The highest BCUT2D eigenvalue weighted by atomic mass is 32.5. The van der Waals surface area contributed by atoms with Crippen molar-refractivity contribution in [3.05, 3.63) is 34.4 Å². The molecule has 1 aromatic rings. The summed E-state index contributed by atoms with van der Waals surface area (Å²) in [5.74, 6) is 0.480. The number of hydrogen-bond acceptors (Lipinski definition) is 5. The Hall–Kier alpha value is -0.970. The molecule has 0 aliphatic rings. The molecule has 1 unspecified atom stereocenters. The minimum atomic E-state index is -2.27. The maximum absolute atomic E-state index is 10.4. The molecule has 0 saturated heterocycles. The van der Waals surface area contributed by atoms with Crippen molar-refractivity contribution < 1.29 is 14.0 Å². The second-order valence-corrected chi connectivity index (χ2v) is 6.88. The van der Waals surface area contributed by atoms with Gasteiger partial charge in [-0.1, -0.05) is 0 Å². The molecule has 0 saturated carbocycles. The fourth-order valence-electron chi connectivity index (χ4n) is 0.857. The van der Waals surface area contributed by atoms with Gasteiger partial charge in [-0.25, -0.2) is 0 Å². The molecule has 82 valence electrons. The lowest BCUT2D eigenvalue weighted by atomic mass is 10.3. The molecule has 1 rings (SSSR count). The summed E-state index contributed by atoms with van der Waals surface area (Å²) in [5.41, 5.74) is 0.0178.